The molecule has 4 nitrogen and oxygen atoms in total. The van der Waals surface area contributed by atoms with Gasteiger partial charge in [0.15, 0.2) is 0 Å². The molecule has 1 heterocycles. The van der Waals surface area contributed by atoms with Crippen LogP contribution in [0.25, 0.3) is 0 Å². The molecule has 1 N–H and O–H groups in total. The van der Waals surface area contributed by atoms with Gasteiger partial charge in [0.2, 0.25) is 5.91 Å². The number of nitrogens with zero attached hydrogens (tertiary/aromatic N) is 2. The molecule has 4 heteroatoms. The average molecular weight is 337 g/mol. The molecule has 0 saturated carbocycles. The van der Waals surface area contributed by atoms with Gasteiger partial charge in [0.25, 0.3) is 0 Å². The third-order valence-electron chi connectivity index (χ3n) is 4.68. The van der Waals surface area contributed by atoms with Crippen LogP contribution >= 0.6 is 0 Å². The molecule has 3 rings (SSSR count). The van der Waals surface area contributed by atoms with Crippen LogP contribution in [0.1, 0.15) is 18.1 Å². The molecule has 1 aliphatic rings. The van der Waals surface area contributed by atoms with Crippen LogP contribution in [-0.2, 0) is 17.9 Å². The monoisotopic (exact) mass is 337 g/mol. The summed E-state index contributed by atoms with van der Waals surface area (Å²) in [7, 11) is 0. The fourth-order valence-corrected chi connectivity index (χ4v) is 3.34. The fraction of sp³-hybridized carbons (Fsp3) is 0.381. The summed E-state index contributed by atoms with van der Waals surface area (Å²) in [5, 5.41) is 3.34. The van der Waals surface area contributed by atoms with Crippen molar-refractivity contribution in [2.75, 3.05) is 26.2 Å². The van der Waals surface area contributed by atoms with Crippen molar-refractivity contribution >= 4 is 5.91 Å². The Morgan fingerprint density at radius 3 is 2.12 bits per heavy atom. The van der Waals surface area contributed by atoms with Crippen molar-refractivity contribution in [3.05, 3.63) is 71.8 Å². The zero-order valence-corrected chi connectivity index (χ0v) is 14.9. The van der Waals surface area contributed by atoms with Gasteiger partial charge >= 0.3 is 0 Å². The van der Waals surface area contributed by atoms with Gasteiger partial charge in [-0.15, -0.1) is 0 Å². The standard InChI is InChI=1S/C21H27N3O/c1-18-14-22-12-13-24(18)21(25)17-23(15-19-8-4-2-5-9-19)16-20-10-6-3-7-11-20/h2-11,18,22H,12-17H2,1H3/t18-/m0/s1. The number of piperazine rings is 1. The van der Waals surface area contributed by atoms with Gasteiger partial charge in [0, 0.05) is 38.8 Å². The second-order valence-electron chi connectivity index (χ2n) is 6.76. The van der Waals surface area contributed by atoms with E-state index in [9.17, 15) is 4.79 Å². The fourth-order valence-electron chi connectivity index (χ4n) is 3.34. The minimum absolute atomic E-state index is 0.223. The van der Waals surface area contributed by atoms with Gasteiger partial charge in [-0.25, -0.2) is 0 Å². The number of carbonyl (C=O) groups is 1. The van der Waals surface area contributed by atoms with E-state index in [1.807, 2.05) is 17.0 Å². The lowest BCUT2D eigenvalue weighted by Crippen LogP contribution is -2.54. The van der Waals surface area contributed by atoms with Crippen molar-refractivity contribution in [2.24, 2.45) is 0 Å². The van der Waals surface area contributed by atoms with Crippen LogP contribution in [0.3, 0.4) is 0 Å². The molecule has 0 bridgehead atoms. The predicted octanol–water partition coefficient (Wildman–Crippen LogP) is 2.51. The van der Waals surface area contributed by atoms with E-state index in [0.29, 0.717) is 6.54 Å². The molecule has 1 aliphatic heterocycles. The van der Waals surface area contributed by atoms with Crippen molar-refractivity contribution < 1.29 is 4.79 Å². The Balaban J connectivity index is 1.70. The molecule has 2 aromatic carbocycles. The third-order valence-corrected chi connectivity index (χ3v) is 4.68. The van der Waals surface area contributed by atoms with Crippen LogP contribution in [0, 0.1) is 0 Å². The summed E-state index contributed by atoms with van der Waals surface area (Å²) in [5.41, 5.74) is 2.47. The first-order valence-electron chi connectivity index (χ1n) is 9.03. The van der Waals surface area contributed by atoms with Gasteiger partial charge in [0.05, 0.1) is 6.54 Å². The predicted molar refractivity (Wildman–Crippen MR) is 101 cm³/mol. The molecule has 0 radical (unpaired) electrons. The van der Waals surface area contributed by atoms with Crippen molar-refractivity contribution in [2.45, 2.75) is 26.1 Å². The molecule has 0 spiro atoms. The van der Waals surface area contributed by atoms with Crippen molar-refractivity contribution in [3.63, 3.8) is 0 Å². The van der Waals surface area contributed by atoms with Crippen LogP contribution in [0.5, 0.6) is 0 Å². The van der Waals surface area contributed by atoms with E-state index in [4.69, 9.17) is 0 Å². The van der Waals surface area contributed by atoms with E-state index < -0.39 is 0 Å². The van der Waals surface area contributed by atoms with Gasteiger partial charge in [0.1, 0.15) is 0 Å². The highest BCUT2D eigenvalue weighted by Gasteiger charge is 2.24. The number of carbonyl (C=O) groups excluding carboxylic acids is 1. The van der Waals surface area contributed by atoms with Crippen LogP contribution in [0.2, 0.25) is 0 Å². The Morgan fingerprint density at radius 1 is 1.04 bits per heavy atom. The number of hydrogen-bond donors (Lipinski definition) is 1. The van der Waals surface area contributed by atoms with E-state index in [1.54, 1.807) is 0 Å². The maximum atomic E-state index is 12.9. The van der Waals surface area contributed by atoms with Crippen LogP contribution in [-0.4, -0.2) is 47.9 Å². The van der Waals surface area contributed by atoms with E-state index in [2.05, 4.69) is 65.7 Å². The largest absolute Gasteiger partial charge is 0.336 e. The molecule has 1 saturated heterocycles. The smallest absolute Gasteiger partial charge is 0.237 e. The Kier molecular flexibility index (Phi) is 6.20. The maximum Gasteiger partial charge on any atom is 0.237 e. The Labute approximate surface area is 150 Å². The maximum absolute atomic E-state index is 12.9. The van der Waals surface area contributed by atoms with Gasteiger partial charge in [-0.3, -0.25) is 9.69 Å². The summed E-state index contributed by atoms with van der Waals surface area (Å²) in [4.78, 5) is 17.1. The Hall–Kier alpha value is -2.17. The van der Waals surface area contributed by atoms with E-state index in [0.717, 1.165) is 32.7 Å². The first kappa shape index (κ1) is 17.6. The van der Waals surface area contributed by atoms with Gasteiger partial charge in [-0.1, -0.05) is 60.7 Å². The quantitative estimate of drug-likeness (QED) is 0.880. The highest BCUT2D eigenvalue weighted by atomic mass is 16.2. The molecule has 0 unspecified atom stereocenters. The minimum atomic E-state index is 0.223. The normalized spacial score (nSPS) is 17.7. The number of rotatable bonds is 6. The second-order valence-corrected chi connectivity index (χ2v) is 6.76. The van der Waals surface area contributed by atoms with Gasteiger partial charge in [-0.05, 0) is 18.1 Å². The summed E-state index contributed by atoms with van der Waals surface area (Å²) in [6, 6.07) is 21.0. The van der Waals surface area contributed by atoms with Crippen LogP contribution in [0.4, 0.5) is 0 Å². The second kappa shape index (κ2) is 8.79. The summed E-state index contributed by atoms with van der Waals surface area (Å²) in [6.45, 7) is 6.68. The molecule has 0 aliphatic carbocycles. The number of nitrogens with one attached hydrogen (secondary N) is 1. The zero-order valence-electron chi connectivity index (χ0n) is 14.9. The van der Waals surface area contributed by atoms with Crippen molar-refractivity contribution in [3.8, 4) is 0 Å². The lowest BCUT2D eigenvalue weighted by atomic mass is 10.1. The lowest BCUT2D eigenvalue weighted by molar-refractivity contribution is -0.135. The van der Waals surface area contributed by atoms with Gasteiger partial charge in [-0.2, -0.15) is 0 Å². The summed E-state index contributed by atoms with van der Waals surface area (Å²) < 4.78 is 0. The molecule has 2 aromatic rings. The minimum Gasteiger partial charge on any atom is -0.336 e. The number of hydrogen-bond acceptors (Lipinski definition) is 3. The summed E-state index contributed by atoms with van der Waals surface area (Å²) in [6.07, 6.45) is 0. The summed E-state index contributed by atoms with van der Waals surface area (Å²) in [5.74, 6) is 0.223. The molecule has 132 valence electrons. The molecule has 1 amide bonds. The average Bonchev–Trinajstić information content (AvgIpc) is 2.63. The SMILES string of the molecule is C[C@H]1CNCCN1C(=O)CN(Cc1ccccc1)Cc1ccccc1. The Bertz CT molecular complexity index is 618. The zero-order chi connectivity index (χ0) is 17.5. The third kappa shape index (κ3) is 5.15. The first-order valence-corrected chi connectivity index (χ1v) is 9.03. The van der Waals surface area contributed by atoms with Crippen LogP contribution in [0.15, 0.2) is 60.7 Å². The van der Waals surface area contributed by atoms with E-state index in [-0.39, 0.29) is 11.9 Å². The molecule has 1 fully saturated rings. The molecular formula is C21H27N3O. The van der Waals surface area contributed by atoms with E-state index in [1.165, 1.54) is 11.1 Å². The van der Waals surface area contributed by atoms with Crippen molar-refractivity contribution in [1.29, 1.82) is 0 Å². The highest BCUT2D eigenvalue weighted by Crippen LogP contribution is 2.12. The molecule has 0 aromatic heterocycles. The number of amides is 1. The topological polar surface area (TPSA) is 35.6 Å². The van der Waals surface area contributed by atoms with Gasteiger partial charge < -0.3 is 10.2 Å². The summed E-state index contributed by atoms with van der Waals surface area (Å²) >= 11 is 0. The Morgan fingerprint density at radius 2 is 1.60 bits per heavy atom. The number of benzene rings is 2. The lowest BCUT2D eigenvalue weighted by Gasteiger charge is -2.35. The molecular weight excluding hydrogens is 310 g/mol. The molecule has 25 heavy (non-hydrogen) atoms. The highest BCUT2D eigenvalue weighted by molar-refractivity contribution is 5.78. The molecule has 1 atom stereocenters. The van der Waals surface area contributed by atoms with Crippen LogP contribution < -0.4 is 5.32 Å². The van der Waals surface area contributed by atoms with Crippen molar-refractivity contribution in [1.82, 2.24) is 15.1 Å². The first-order chi connectivity index (χ1) is 12.2. The van der Waals surface area contributed by atoms with E-state index >= 15 is 0 Å².